The van der Waals surface area contributed by atoms with E-state index < -0.39 is 23.9 Å². The zero-order valence-corrected chi connectivity index (χ0v) is 8.34. The van der Waals surface area contributed by atoms with Crippen LogP contribution in [-0.2, 0) is 4.79 Å². The van der Waals surface area contributed by atoms with E-state index in [0.29, 0.717) is 0 Å². The van der Waals surface area contributed by atoms with Gasteiger partial charge in [0, 0.05) is 20.1 Å². The SMILES string of the molecule is CNC(=O)[C@@H]1CNC[C@H]1C(F)(F)F.Cl. The Labute approximate surface area is 85.8 Å². The molecule has 1 aliphatic rings. The van der Waals surface area contributed by atoms with E-state index in [9.17, 15) is 18.0 Å². The van der Waals surface area contributed by atoms with Gasteiger partial charge in [0.15, 0.2) is 0 Å². The van der Waals surface area contributed by atoms with Crippen molar-refractivity contribution in [2.45, 2.75) is 6.18 Å². The molecule has 84 valence electrons. The highest BCUT2D eigenvalue weighted by Gasteiger charge is 2.49. The monoisotopic (exact) mass is 232 g/mol. The molecule has 0 spiro atoms. The first-order chi connectivity index (χ1) is 5.96. The Bertz CT molecular complexity index is 210. The first kappa shape index (κ1) is 13.5. The first-order valence-electron chi connectivity index (χ1n) is 3.96. The molecule has 1 rings (SSSR count). The molecule has 2 N–H and O–H groups in total. The summed E-state index contributed by atoms with van der Waals surface area (Å²) in [5, 5.41) is 4.79. The minimum Gasteiger partial charge on any atom is -0.359 e. The number of halogens is 4. The van der Waals surface area contributed by atoms with E-state index in [0.717, 1.165) is 0 Å². The molecule has 0 aromatic carbocycles. The first-order valence-corrected chi connectivity index (χ1v) is 3.96. The van der Waals surface area contributed by atoms with Crippen molar-refractivity contribution in [2.24, 2.45) is 11.8 Å². The fraction of sp³-hybridized carbons (Fsp3) is 0.857. The van der Waals surface area contributed by atoms with Crippen molar-refractivity contribution in [3.05, 3.63) is 0 Å². The molecule has 0 aromatic heterocycles. The van der Waals surface area contributed by atoms with Gasteiger partial charge in [-0.2, -0.15) is 13.2 Å². The van der Waals surface area contributed by atoms with Crippen LogP contribution >= 0.6 is 12.4 Å². The maximum atomic E-state index is 12.3. The fourth-order valence-electron chi connectivity index (χ4n) is 1.48. The summed E-state index contributed by atoms with van der Waals surface area (Å²) in [4.78, 5) is 11.0. The van der Waals surface area contributed by atoms with Gasteiger partial charge in [0.25, 0.3) is 0 Å². The van der Waals surface area contributed by atoms with E-state index in [2.05, 4.69) is 10.6 Å². The van der Waals surface area contributed by atoms with Gasteiger partial charge in [-0.25, -0.2) is 0 Å². The Morgan fingerprint density at radius 1 is 1.43 bits per heavy atom. The number of carbonyl (C=O) groups excluding carboxylic acids is 1. The van der Waals surface area contributed by atoms with Gasteiger partial charge in [0.05, 0.1) is 11.8 Å². The third kappa shape index (κ3) is 2.75. The quantitative estimate of drug-likeness (QED) is 0.693. The molecule has 1 saturated heterocycles. The normalized spacial score (nSPS) is 26.9. The van der Waals surface area contributed by atoms with Crippen LogP contribution in [0, 0.1) is 11.8 Å². The number of amides is 1. The average molecular weight is 233 g/mol. The van der Waals surface area contributed by atoms with Crippen LogP contribution in [0.5, 0.6) is 0 Å². The topological polar surface area (TPSA) is 41.1 Å². The highest BCUT2D eigenvalue weighted by Crippen LogP contribution is 2.34. The summed E-state index contributed by atoms with van der Waals surface area (Å²) in [6.07, 6.45) is -4.29. The van der Waals surface area contributed by atoms with Crippen molar-refractivity contribution in [3.8, 4) is 0 Å². The Balaban J connectivity index is 0.00000169. The van der Waals surface area contributed by atoms with Crippen LogP contribution in [0.1, 0.15) is 0 Å². The molecule has 0 radical (unpaired) electrons. The van der Waals surface area contributed by atoms with Crippen LogP contribution in [0.25, 0.3) is 0 Å². The zero-order chi connectivity index (χ0) is 10.1. The Hall–Kier alpha value is -0.490. The van der Waals surface area contributed by atoms with Crippen LogP contribution in [0.2, 0.25) is 0 Å². The van der Waals surface area contributed by atoms with Crippen molar-refractivity contribution in [2.75, 3.05) is 20.1 Å². The molecule has 14 heavy (non-hydrogen) atoms. The Morgan fingerprint density at radius 3 is 2.43 bits per heavy atom. The maximum Gasteiger partial charge on any atom is 0.393 e. The van der Waals surface area contributed by atoms with Crippen LogP contribution < -0.4 is 10.6 Å². The van der Waals surface area contributed by atoms with Gasteiger partial charge in [0.2, 0.25) is 5.91 Å². The number of nitrogens with one attached hydrogen (secondary N) is 2. The number of alkyl halides is 3. The third-order valence-electron chi connectivity index (χ3n) is 2.22. The van der Waals surface area contributed by atoms with Crippen LogP contribution in [0.15, 0.2) is 0 Å². The summed E-state index contributed by atoms with van der Waals surface area (Å²) >= 11 is 0. The molecule has 1 heterocycles. The number of hydrogen-bond donors (Lipinski definition) is 2. The second-order valence-corrected chi connectivity index (χ2v) is 3.03. The third-order valence-corrected chi connectivity index (χ3v) is 2.22. The van der Waals surface area contributed by atoms with E-state index in [1.54, 1.807) is 0 Å². The van der Waals surface area contributed by atoms with Gasteiger partial charge < -0.3 is 10.6 Å². The van der Waals surface area contributed by atoms with Crippen molar-refractivity contribution < 1.29 is 18.0 Å². The predicted octanol–water partition coefficient (Wildman–Crippen LogP) is 0.552. The summed E-state index contributed by atoms with van der Waals surface area (Å²) in [7, 11) is 1.34. The highest BCUT2D eigenvalue weighted by molar-refractivity contribution is 5.85. The molecule has 0 aliphatic carbocycles. The lowest BCUT2D eigenvalue weighted by Gasteiger charge is -2.19. The summed E-state index contributed by atoms with van der Waals surface area (Å²) in [6.45, 7) is -0.0641. The second kappa shape index (κ2) is 4.84. The summed E-state index contributed by atoms with van der Waals surface area (Å²) < 4.78 is 36.9. The lowest BCUT2D eigenvalue weighted by molar-refractivity contribution is -0.182. The molecular weight excluding hydrogens is 221 g/mol. The minimum absolute atomic E-state index is 0. The summed E-state index contributed by atoms with van der Waals surface area (Å²) in [5.74, 6) is -3.08. The minimum atomic E-state index is -4.29. The van der Waals surface area contributed by atoms with Crippen LogP contribution in [0.4, 0.5) is 13.2 Å². The molecule has 0 saturated carbocycles. The number of rotatable bonds is 1. The molecule has 1 fully saturated rings. The molecule has 2 atom stereocenters. The lowest BCUT2D eigenvalue weighted by atomic mass is 9.95. The van der Waals surface area contributed by atoms with Gasteiger partial charge in [0.1, 0.15) is 0 Å². The molecule has 1 amide bonds. The van der Waals surface area contributed by atoms with Crippen LogP contribution in [0.3, 0.4) is 0 Å². The lowest BCUT2D eigenvalue weighted by Crippen LogP contribution is -2.38. The predicted molar refractivity (Wildman–Crippen MR) is 47.2 cm³/mol. The number of carbonyl (C=O) groups is 1. The smallest absolute Gasteiger partial charge is 0.359 e. The van der Waals surface area contributed by atoms with Gasteiger partial charge in [-0.3, -0.25) is 4.79 Å². The van der Waals surface area contributed by atoms with E-state index in [1.165, 1.54) is 7.05 Å². The van der Waals surface area contributed by atoms with Crippen molar-refractivity contribution in [1.82, 2.24) is 10.6 Å². The van der Waals surface area contributed by atoms with Gasteiger partial charge in [-0.1, -0.05) is 0 Å². The van der Waals surface area contributed by atoms with E-state index in [1.807, 2.05) is 0 Å². The fourth-order valence-corrected chi connectivity index (χ4v) is 1.48. The second-order valence-electron chi connectivity index (χ2n) is 3.03. The average Bonchev–Trinajstić information content (AvgIpc) is 2.49. The Morgan fingerprint density at radius 2 is 2.00 bits per heavy atom. The summed E-state index contributed by atoms with van der Waals surface area (Å²) in [5.41, 5.74) is 0. The van der Waals surface area contributed by atoms with E-state index in [4.69, 9.17) is 0 Å². The van der Waals surface area contributed by atoms with Gasteiger partial charge in [-0.15, -0.1) is 12.4 Å². The molecule has 1 aliphatic heterocycles. The number of hydrogen-bond acceptors (Lipinski definition) is 2. The van der Waals surface area contributed by atoms with Crippen molar-refractivity contribution >= 4 is 18.3 Å². The molecule has 7 heteroatoms. The molecular formula is C7H12ClF3N2O. The maximum absolute atomic E-state index is 12.3. The molecule has 0 bridgehead atoms. The van der Waals surface area contributed by atoms with Gasteiger partial charge in [-0.05, 0) is 0 Å². The highest BCUT2D eigenvalue weighted by atomic mass is 35.5. The van der Waals surface area contributed by atoms with Crippen molar-refractivity contribution in [1.29, 1.82) is 0 Å². The molecule has 0 unspecified atom stereocenters. The van der Waals surface area contributed by atoms with Gasteiger partial charge >= 0.3 is 6.18 Å². The molecule has 0 aromatic rings. The van der Waals surface area contributed by atoms with E-state index >= 15 is 0 Å². The Kier molecular flexibility index (Phi) is 4.67. The van der Waals surface area contributed by atoms with E-state index in [-0.39, 0.29) is 25.5 Å². The molecule has 3 nitrogen and oxygen atoms in total. The van der Waals surface area contributed by atoms with Crippen molar-refractivity contribution in [3.63, 3.8) is 0 Å². The summed E-state index contributed by atoms with van der Waals surface area (Å²) in [6, 6.07) is 0. The standard InChI is InChI=1S/C7H11F3N2O.ClH/c1-11-6(13)4-2-12-3-5(4)7(8,9)10;/h4-5,12H,2-3H2,1H3,(H,11,13);1H/t4-,5-;/m1./s1. The zero-order valence-electron chi connectivity index (χ0n) is 7.52. The van der Waals surface area contributed by atoms with Crippen LogP contribution in [-0.4, -0.2) is 32.2 Å². The largest absolute Gasteiger partial charge is 0.393 e.